The Bertz CT molecular complexity index is 772. The van der Waals surface area contributed by atoms with E-state index in [1.165, 1.54) is 43.4 Å². The maximum Gasteiger partial charge on any atom is 0.270 e. The molecule has 0 unspecified atom stereocenters. The second-order valence-electron chi connectivity index (χ2n) is 6.85. The molecular weight excluding hydrogens is 376 g/mol. The van der Waals surface area contributed by atoms with E-state index in [0.717, 1.165) is 17.0 Å². The van der Waals surface area contributed by atoms with Crippen LogP contribution in [0.25, 0.3) is 10.6 Å². The number of carbonyl (C=O) groups excluding carboxylic acids is 1. The Morgan fingerprint density at radius 3 is 2.71 bits per heavy atom. The van der Waals surface area contributed by atoms with E-state index in [0.29, 0.717) is 36.4 Å². The number of nitrogens with one attached hydrogen (secondary N) is 1. The fourth-order valence-electron chi connectivity index (χ4n) is 3.33. The highest BCUT2D eigenvalue weighted by molar-refractivity contribution is 7.13. The second kappa shape index (κ2) is 10.4. The number of aromatic nitrogens is 1. The van der Waals surface area contributed by atoms with Crippen LogP contribution in [-0.2, 0) is 4.74 Å². The van der Waals surface area contributed by atoms with Crippen molar-refractivity contribution in [3.05, 3.63) is 29.3 Å². The number of methoxy groups -OCH3 is 2. The SMILES string of the molecule is COc1ccc(-c2nc(C(=O)NCCCOC3CCCCC3)cs2)cc1OC. The lowest BCUT2D eigenvalue weighted by molar-refractivity contribution is 0.0273. The Morgan fingerprint density at radius 2 is 1.96 bits per heavy atom. The molecule has 1 aromatic heterocycles. The quantitative estimate of drug-likeness (QED) is 0.631. The molecule has 1 N–H and O–H groups in total. The molecule has 0 atom stereocenters. The molecule has 0 aliphatic heterocycles. The summed E-state index contributed by atoms with van der Waals surface area (Å²) in [5, 5.41) is 5.47. The van der Waals surface area contributed by atoms with Crippen molar-refractivity contribution in [2.75, 3.05) is 27.4 Å². The third kappa shape index (κ3) is 5.45. The lowest BCUT2D eigenvalue weighted by Gasteiger charge is -2.21. The molecule has 1 heterocycles. The zero-order valence-electron chi connectivity index (χ0n) is 16.5. The van der Waals surface area contributed by atoms with E-state index in [1.54, 1.807) is 19.6 Å². The maximum absolute atomic E-state index is 12.3. The summed E-state index contributed by atoms with van der Waals surface area (Å²) in [6.07, 6.45) is 7.44. The fraction of sp³-hybridized carbons (Fsp3) is 0.524. The molecule has 1 aliphatic carbocycles. The lowest BCUT2D eigenvalue weighted by Crippen LogP contribution is -2.26. The highest BCUT2D eigenvalue weighted by atomic mass is 32.1. The van der Waals surface area contributed by atoms with Crippen molar-refractivity contribution in [1.29, 1.82) is 0 Å². The van der Waals surface area contributed by atoms with E-state index in [-0.39, 0.29) is 5.91 Å². The number of nitrogens with zero attached hydrogens (tertiary/aromatic N) is 1. The number of benzene rings is 1. The first-order chi connectivity index (χ1) is 13.7. The van der Waals surface area contributed by atoms with Gasteiger partial charge in [-0.05, 0) is 37.5 Å². The molecule has 1 saturated carbocycles. The molecule has 28 heavy (non-hydrogen) atoms. The first-order valence-corrected chi connectivity index (χ1v) is 10.7. The van der Waals surface area contributed by atoms with Gasteiger partial charge in [0.2, 0.25) is 0 Å². The Labute approximate surface area is 170 Å². The van der Waals surface area contributed by atoms with Crippen molar-refractivity contribution in [1.82, 2.24) is 10.3 Å². The first kappa shape index (κ1) is 20.6. The normalized spacial score (nSPS) is 14.6. The van der Waals surface area contributed by atoms with Crippen LogP contribution in [0.15, 0.2) is 23.6 Å². The van der Waals surface area contributed by atoms with Crippen LogP contribution < -0.4 is 14.8 Å². The molecular formula is C21H28N2O4S. The minimum atomic E-state index is -0.152. The van der Waals surface area contributed by atoms with E-state index >= 15 is 0 Å². The number of rotatable bonds is 9. The van der Waals surface area contributed by atoms with Crippen LogP contribution >= 0.6 is 11.3 Å². The maximum atomic E-state index is 12.3. The van der Waals surface area contributed by atoms with Gasteiger partial charge in [-0.1, -0.05) is 19.3 Å². The number of hydrogen-bond donors (Lipinski definition) is 1. The Kier molecular flexibility index (Phi) is 7.68. The van der Waals surface area contributed by atoms with Crippen LogP contribution in [0, 0.1) is 0 Å². The molecule has 3 rings (SSSR count). The summed E-state index contributed by atoms with van der Waals surface area (Å²) in [5.74, 6) is 1.15. The zero-order valence-corrected chi connectivity index (χ0v) is 17.3. The Balaban J connectivity index is 1.47. The number of ether oxygens (including phenoxy) is 3. The largest absolute Gasteiger partial charge is 0.493 e. The van der Waals surface area contributed by atoms with Gasteiger partial charge in [0.05, 0.1) is 20.3 Å². The third-order valence-corrected chi connectivity index (χ3v) is 5.77. The molecule has 0 bridgehead atoms. The predicted octanol–water partition coefficient (Wildman–Crippen LogP) is 4.30. The minimum absolute atomic E-state index is 0.152. The van der Waals surface area contributed by atoms with Gasteiger partial charge in [-0.3, -0.25) is 4.79 Å². The molecule has 0 saturated heterocycles. The van der Waals surface area contributed by atoms with Crippen molar-refractivity contribution >= 4 is 17.2 Å². The van der Waals surface area contributed by atoms with E-state index in [9.17, 15) is 4.79 Å². The average Bonchev–Trinajstić information content (AvgIpc) is 3.24. The summed E-state index contributed by atoms with van der Waals surface area (Å²) in [6, 6.07) is 5.61. The number of carbonyl (C=O) groups is 1. The fourth-order valence-corrected chi connectivity index (χ4v) is 4.12. The molecule has 2 aromatic rings. The standard InChI is InChI=1S/C21H28N2O4S/c1-25-18-10-9-15(13-19(18)26-2)21-23-17(14-28-21)20(24)22-11-6-12-27-16-7-4-3-5-8-16/h9-10,13-14,16H,3-8,11-12H2,1-2H3,(H,22,24). The third-order valence-electron chi connectivity index (χ3n) is 4.88. The number of hydrogen-bond acceptors (Lipinski definition) is 6. The van der Waals surface area contributed by atoms with Crippen molar-refractivity contribution in [3.63, 3.8) is 0 Å². The molecule has 1 aliphatic rings. The Hall–Kier alpha value is -2.12. The lowest BCUT2D eigenvalue weighted by atomic mass is 9.98. The van der Waals surface area contributed by atoms with Gasteiger partial charge >= 0.3 is 0 Å². The van der Waals surface area contributed by atoms with Crippen molar-refractivity contribution < 1.29 is 19.0 Å². The van der Waals surface area contributed by atoms with Crippen LogP contribution in [0.3, 0.4) is 0 Å². The summed E-state index contributed by atoms with van der Waals surface area (Å²) in [7, 11) is 3.20. The van der Waals surface area contributed by atoms with Crippen molar-refractivity contribution in [3.8, 4) is 22.1 Å². The summed E-state index contributed by atoms with van der Waals surface area (Å²) in [4.78, 5) is 16.8. The number of thiazole rings is 1. The number of amides is 1. The molecule has 1 fully saturated rings. The minimum Gasteiger partial charge on any atom is -0.493 e. The first-order valence-electron chi connectivity index (χ1n) is 9.79. The van der Waals surface area contributed by atoms with Gasteiger partial charge in [-0.2, -0.15) is 0 Å². The van der Waals surface area contributed by atoms with Gasteiger partial charge in [0.15, 0.2) is 11.5 Å². The highest BCUT2D eigenvalue weighted by Gasteiger charge is 2.15. The van der Waals surface area contributed by atoms with Gasteiger partial charge in [-0.25, -0.2) is 4.98 Å². The summed E-state index contributed by atoms with van der Waals surface area (Å²) in [6.45, 7) is 1.29. The van der Waals surface area contributed by atoms with E-state index in [1.807, 2.05) is 18.2 Å². The van der Waals surface area contributed by atoms with E-state index in [4.69, 9.17) is 14.2 Å². The van der Waals surface area contributed by atoms with Crippen LogP contribution in [-0.4, -0.2) is 44.4 Å². The molecule has 1 aromatic carbocycles. The van der Waals surface area contributed by atoms with E-state index < -0.39 is 0 Å². The van der Waals surface area contributed by atoms with Crippen LogP contribution in [0.2, 0.25) is 0 Å². The van der Waals surface area contributed by atoms with Gasteiger partial charge < -0.3 is 19.5 Å². The molecule has 1 amide bonds. The predicted molar refractivity (Wildman–Crippen MR) is 110 cm³/mol. The van der Waals surface area contributed by atoms with Gasteiger partial charge in [-0.15, -0.1) is 11.3 Å². The summed E-state index contributed by atoms with van der Waals surface area (Å²) in [5.41, 5.74) is 1.32. The van der Waals surface area contributed by atoms with Crippen LogP contribution in [0.4, 0.5) is 0 Å². The zero-order chi connectivity index (χ0) is 19.8. The topological polar surface area (TPSA) is 69.7 Å². The average molecular weight is 405 g/mol. The van der Waals surface area contributed by atoms with Crippen molar-refractivity contribution in [2.24, 2.45) is 0 Å². The second-order valence-corrected chi connectivity index (χ2v) is 7.71. The molecule has 7 heteroatoms. The molecule has 0 spiro atoms. The highest BCUT2D eigenvalue weighted by Crippen LogP contribution is 2.33. The summed E-state index contributed by atoms with van der Waals surface area (Å²) >= 11 is 1.43. The van der Waals surface area contributed by atoms with Crippen molar-refractivity contribution in [2.45, 2.75) is 44.6 Å². The molecule has 0 radical (unpaired) electrons. The van der Waals surface area contributed by atoms with Gasteiger partial charge in [0.25, 0.3) is 5.91 Å². The van der Waals surface area contributed by atoms with Crippen LogP contribution in [0.5, 0.6) is 11.5 Å². The van der Waals surface area contributed by atoms with Gasteiger partial charge in [0, 0.05) is 24.1 Å². The Morgan fingerprint density at radius 1 is 1.18 bits per heavy atom. The summed E-state index contributed by atoms with van der Waals surface area (Å²) < 4.78 is 16.5. The van der Waals surface area contributed by atoms with Gasteiger partial charge in [0.1, 0.15) is 10.7 Å². The molecule has 6 nitrogen and oxygen atoms in total. The smallest absolute Gasteiger partial charge is 0.270 e. The van der Waals surface area contributed by atoms with Crippen LogP contribution in [0.1, 0.15) is 49.0 Å². The van der Waals surface area contributed by atoms with E-state index in [2.05, 4.69) is 10.3 Å². The molecule has 152 valence electrons. The monoisotopic (exact) mass is 404 g/mol.